The normalized spacial score (nSPS) is 11.5. The molecule has 0 radical (unpaired) electrons. The topological polar surface area (TPSA) is 75.3 Å². The molecule has 0 aliphatic heterocycles. The molecule has 2 rings (SSSR count). The van der Waals surface area contributed by atoms with Crippen LogP contribution < -0.4 is 10.6 Å². The average molecular weight is 287 g/mol. The van der Waals surface area contributed by atoms with Gasteiger partial charge in [-0.1, -0.05) is 24.2 Å². The van der Waals surface area contributed by atoms with Crippen molar-refractivity contribution in [2.75, 3.05) is 20.6 Å². The highest BCUT2D eigenvalue weighted by Gasteiger charge is 2.07. The van der Waals surface area contributed by atoms with Gasteiger partial charge in [0.2, 0.25) is 0 Å². The highest BCUT2D eigenvalue weighted by Crippen LogP contribution is 2.18. The second-order valence-corrected chi connectivity index (χ2v) is 4.57. The van der Waals surface area contributed by atoms with E-state index in [0.29, 0.717) is 5.89 Å². The Morgan fingerprint density at radius 3 is 2.62 bits per heavy atom. The largest absolute Gasteiger partial charge is 0.359 e. The molecule has 2 N–H and O–H groups in total. The number of aliphatic imine (C=N–C) groups is 1. The van der Waals surface area contributed by atoms with Crippen molar-refractivity contribution in [2.24, 2.45) is 4.99 Å². The van der Waals surface area contributed by atoms with Gasteiger partial charge in [-0.15, -0.1) is 0 Å². The second-order valence-electron chi connectivity index (χ2n) is 4.57. The van der Waals surface area contributed by atoms with Gasteiger partial charge >= 0.3 is 0 Å². The average Bonchev–Trinajstić information content (AvgIpc) is 3.01. The Hall–Kier alpha value is -2.37. The van der Waals surface area contributed by atoms with Crippen LogP contribution >= 0.6 is 0 Å². The fraction of sp³-hybridized carbons (Fsp3) is 0.400. The SMILES string of the molecule is CCc1noc(-c2ccc(CCNC(=NC)NC)cc2)n1. The summed E-state index contributed by atoms with van der Waals surface area (Å²) in [5.74, 6) is 2.11. The summed E-state index contributed by atoms with van der Waals surface area (Å²) in [6.45, 7) is 2.83. The first-order valence-corrected chi connectivity index (χ1v) is 7.07. The molecule has 0 aliphatic carbocycles. The van der Waals surface area contributed by atoms with Crippen molar-refractivity contribution in [3.05, 3.63) is 35.7 Å². The van der Waals surface area contributed by atoms with E-state index in [0.717, 1.165) is 36.7 Å². The molecule has 0 bridgehead atoms. The summed E-state index contributed by atoms with van der Waals surface area (Å²) in [7, 11) is 3.60. The van der Waals surface area contributed by atoms with Crippen LogP contribution in [-0.2, 0) is 12.8 Å². The lowest BCUT2D eigenvalue weighted by Gasteiger charge is -2.08. The van der Waals surface area contributed by atoms with Crippen molar-refractivity contribution in [3.63, 3.8) is 0 Å². The summed E-state index contributed by atoms with van der Waals surface area (Å²) in [5.41, 5.74) is 2.19. The van der Waals surface area contributed by atoms with Gasteiger partial charge in [0, 0.05) is 32.6 Å². The zero-order valence-electron chi connectivity index (χ0n) is 12.7. The number of guanidine groups is 1. The molecule has 0 fully saturated rings. The molecular weight excluding hydrogens is 266 g/mol. The summed E-state index contributed by atoms with van der Waals surface area (Å²) in [6.07, 6.45) is 1.70. The zero-order valence-corrected chi connectivity index (χ0v) is 12.7. The summed E-state index contributed by atoms with van der Waals surface area (Å²) in [5, 5.41) is 10.1. The van der Waals surface area contributed by atoms with E-state index >= 15 is 0 Å². The Labute approximate surface area is 124 Å². The molecule has 112 valence electrons. The molecule has 0 spiro atoms. The highest BCUT2D eigenvalue weighted by molar-refractivity contribution is 5.79. The van der Waals surface area contributed by atoms with Crippen LogP contribution in [0, 0.1) is 0 Å². The van der Waals surface area contributed by atoms with Crippen molar-refractivity contribution in [3.8, 4) is 11.5 Å². The molecule has 0 amide bonds. The Morgan fingerprint density at radius 1 is 1.29 bits per heavy atom. The van der Waals surface area contributed by atoms with Crippen LogP contribution in [0.3, 0.4) is 0 Å². The number of aryl methyl sites for hydroxylation is 1. The predicted molar refractivity (Wildman–Crippen MR) is 83.2 cm³/mol. The van der Waals surface area contributed by atoms with E-state index in [2.05, 4.69) is 37.9 Å². The smallest absolute Gasteiger partial charge is 0.257 e. The number of hydrogen-bond acceptors (Lipinski definition) is 4. The molecule has 0 unspecified atom stereocenters. The number of aromatic nitrogens is 2. The fourth-order valence-corrected chi connectivity index (χ4v) is 1.93. The first kappa shape index (κ1) is 15.0. The fourth-order valence-electron chi connectivity index (χ4n) is 1.93. The number of benzene rings is 1. The lowest BCUT2D eigenvalue weighted by Crippen LogP contribution is -2.35. The molecular formula is C15H21N5O. The molecule has 1 aromatic carbocycles. The van der Waals surface area contributed by atoms with Crippen molar-refractivity contribution < 1.29 is 4.52 Å². The second kappa shape index (κ2) is 7.42. The van der Waals surface area contributed by atoms with E-state index in [1.165, 1.54) is 5.56 Å². The van der Waals surface area contributed by atoms with E-state index in [1.807, 2.05) is 26.1 Å². The minimum Gasteiger partial charge on any atom is -0.359 e. The number of nitrogens with zero attached hydrogens (tertiary/aromatic N) is 3. The lowest BCUT2D eigenvalue weighted by molar-refractivity contribution is 0.423. The van der Waals surface area contributed by atoms with Gasteiger partial charge in [0.15, 0.2) is 11.8 Å². The molecule has 0 aliphatic rings. The van der Waals surface area contributed by atoms with E-state index in [-0.39, 0.29) is 0 Å². The predicted octanol–water partition coefficient (Wildman–Crippen LogP) is 1.64. The molecule has 0 saturated heterocycles. The van der Waals surface area contributed by atoms with Crippen LogP contribution in [0.2, 0.25) is 0 Å². The molecule has 0 atom stereocenters. The van der Waals surface area contributed by atoms with Crippen molar-refractivity contribution in [1.82, 2.24) is 20.8 Å². The van der Waals surface area contributed by atoms with Gasteiger partial charge in [0.05, 0.1) is 0 Å². The summed E-state index contributed by atoms with van der Waals surface area (Å²) in [4.78, 5) is 8.39. The van der Waals surface area contributed by atoms with Gasteiger partial charge in [0.1, 0.15) is 0 Å². The standard InChI is InChI=1S/C15H21N5O/c1-4-13-19-14(21-20-13)12-7-5-11(6-8-12)9-10-18-15(16-2)17-3/h5-8H,4,9-10H2,1-3H3,(H2,16,17,18). The van der Waals surface area contributed by atoms with Gasteiger partial charge in [0.25, 0.3) is 5.89 Å². The maximum atomic E-state index is 5.23. The maximum absolute atomic E-state index is 5.23. The first-order chi connectivity index (χ1) is 10.3. The number of rotatable bonds is 5. The Balaban J connectivity index is 1.93. The van der Waals surface area contributed by atoms with Crippen LogP contribution in [0.1, 0.15) is 18.3 Å². The van der Waals surface area contributed by atoms with Crippen molar-refractivity contribution >= 4 is 5.96 Å². The van der Waals surface area contributed by atoms with Gasteiger partial charge in [-0.3, -0.25) is 4.99 Å². The van der Waals surface area contributed by atoms with Crippen LogP contribution in [0.5, 0.6) is 0 Å². The molecule has 1 aromatic heterocycles. The number of hydrogen-bond donors (Lipinski definition) is 2. The Morgan fingerprint density at radius 2 is 2.05 bits per heavy atom. The summed E-state index contributed by atoms with van der Waals surface area (Å²) >= 11 is 0. The third kappa shape index (κ3) is 4.05. The number of nitrogens with one attached hydrogen (secondary N) is 2. The monoisotopic (exact) mass is 287 g/mol. The van der Waals surface area contributed by atoms with Gasteiger partial charge < -0.3 is 15.2 Å². The van der Waals surface area contributed by atoms with E-state index < -0.39 is 0 Å². The first-order valence-electron chi connectivity index (χ1n) is 7.07. The molecule has 6 heteroatoms. The lowest BCUT2D eigenvalue weighted by atomic mass is 10.1. The molecule has 2 aromatic rings. The third-order valence-corrected chi connectivity index (χ3v) is 3.15. The van der Waals surface area contributed by atoms with E-state index in [1.54, 1.807) is 7.05 Å². The molecule has 0 saturated carbocycles. The van der Waals surface area contributed by atoms with Gasteiger partial charge in [-0.2, -0.15) is 4.98 Å². The molecule has 6 nitrogen and oxygen atoms in total. The van der Waals surface area contributed by atoms with Crippen LogP contribution in [-0.4, -0.2) is 36.7 Å². The van der Waals surface area contributed by atoms with E-state index in [4.69, 9.17) is 4.52 Å². The van der Waals surface area contributed by atoms with Crippen LogP contribution in [0.4, 0.5) is 0 Å². The quantitative estimate of drug-likeness (QED) is 0.646. The zero-order chi connectivity index (χ0) is 15.1. The van der Waals surface area contributed by atoms with Crippen molar-refractivity contribution in [1.29, 1.82) is 0 Å². The third-order valence-electron chi connectivity index (χ3n) is 3.15. The maximum Gasteiger partial charge on any atom is 0.257 e. The van der Waals surface area contributed by atoms with Gasteiger partial charge in [-0.25, -0.2) is 0 Å². The van der Waals surface area contributed by atoms with Crippen LogP contribution in [0.25, 0.3) is 11.5 Å². The summed E-state index contributed by atoms with van der Waals surface area (Å²) < 4.78 is 5.23. The highest BCUT2D eigenvalue weighted by atomic mass is 16.5. The van der Waals surface area contributed by atoms with E-state index in [9.17, 15) is 0 Å². The Kier molecular flexibility index (Phi) is 5.31. The minimum absolute atomic E-state index is 0.576. The van der Waals surface area contributed by atoms with Crippen LogP contribution in [0.15, 0.2) is 33.8 Å². The Bertz CT molecular complexity index is 588. The molecule has 1 heterocycles. The van der Waals surface area contributed by atoms with Crippen molar-refractivity contribution in [2.45, 2.75) is 19.8 Å². The molecule has 21 heavy (non-hydrogen) atoms. The van der Waals surface area contributed by atoms with Gasteiger partial charge in [-0.05, 0) is 24.1 Å². The minimum atomic E-state index is 0.576. The summed E-state index contributed by atoms with van der Waals surface area (Å²) in [6, 6.07) is 8.17.